The molecule has 1 aromatic heterocycles. The smallest absolute Gasteiger partial charge is 0.293 e. The first-order chi connectivity index (χ1) is 12.7. The van der Waals surface area contributed by atoms with Crippen LogP contribution < -0.4 is 15.0 Å². The Hall–Kier alpha value is -3.26. The third-order valence-electron chi connectivity index (χ3n) is 3.48. The molecule has 7 nitrogen and oxygen atoms in total. The quantitative estimate of drug-likeness (QED) is 0.534. The maximum atomic E-state index is 11.7. The SMILES string of the molecule is COc1cc(/C=N\n2c(=O)cn[nH]c2=S)ccc1OCc1ccccc1. The molecule has 1 heterocycles. The van der Waals surface area contributed by atoms with Gasteiger partial charge >= 0.3 is 0 Å². The van der Waals surface area contributed by atoms with E-state index in [-0.39, 0.29) is 4.77 Å². The highest BCUT2D eigenvalue weighted by Crippen LogP contribution is 2.28. The number of aromatic amines is 1. The van der Waals surface area contributed by atoms with Crippen molar-refractivity contribution >= 4 is 18.4 Å². The lowest BCUT2D eigenvalue weighted by Gasteiger charge is -2.11. The molecule has 0 bridgehead atoms. The number of methoxy groups -OCH3 is 1. The Bertz CT molecular complexity index is 1000. The fraction of sp³-hybridized carbons (Fsp3) is 0.111. The number of hydrogen-bond donors (Lipinski definition) is 1. The second kappa shape index (κ2) is 8.21. The molecule has 0 unspecified atom stereocenters. The molecule has 8 heteroatoms. The lowest BCUT2D eigenvalue weighted by Crippen LogP contribution is -2.18. The number of aromatic nitrogens is 3. The molecule has 0 amide bonds. The van der Waals surface area contributed by atoms with Crippen LogP contribution in [0.2, 0.25) is 0 Å². The van der Waals surface area contributed by atoms with Crippen LogP contribution in [-0.2, 0) is 6.61 Å². The number of benzene rings is 2. The zero-order valence-corrected chi connectivity index (χ0v) is 14.8. The molecule has 26 heavy (non-hydrogen) atoms. The second-order valence-electron chi connectivity index (χ2n) is 5.25. The van der Waals surface area contributed by atoms with Gasteiger partial charge in [0.25, 0.3) is 5.56 Å². The summed E-state index contributed by atoms with van der Waals surface area (Å²) < 4.78 is 12.4. The van der Waals surface area contributed by atoms with Gasteiger partial charge in [0, 0.05) is 0 Å². The van der Waals surface area contributed by atoms with Gasteiger partial charge in [0.1, 0.15) is 12.8 Å². The average Bonchev–Trinajstić information content (AvgIpc) is 2.67. The van der Waals surface area contributed by atoms with Crippen LogP contribution in [0.15, 0.2) is 64.6 Å². The molecule has 2 aromatic carbocycles. The molecule has 0 radical (unpaired) electrons. The van der Waals surface area contributed by atoms with Crippen molar-refractivity contribution in [2.24, 2.45) is 5.10 Å². The fourth-order valence-corrected chi connectivity index (χ4v) is 2.39. The van der Waals surface area contributed by atoms with E-state index in [1.165, 1.54) is 6.21 Å². The summed E-state index contributed by atoms with van der Waals surface area (Å²) in [6, 6.07) is 15.2. The molecule has 1 N–H and O–H groups in total. The normalized spacial score (nSPS) is 10.8. The zero-order chi connectivity index (χ0) is 18.4. The molecule has 0 fully saturated rings. The van der Waals surface area contributed by atoms with Gasteiger partial charge in [-0.05, 0) is 41.5 Å². The van der Waals surface area contributed by atoms with E-state index >= 15 is 0 Å². The highest BCUT2D eigenvalue weighted by Gasteiger charge is 2.06. The predicted octanol–water partition coefficient (Wildman–Crippen LogP) is 2.77. The molecule has 3 aromatic rings. The molecule has 0 saturated heterocycles. The van der Waals surface area contributed by atoms with E-state index in [1.54, 1.807) is 19.2 Å². The maximum absolute atomic E-state index is 11.7. The molecule has 0 saturated carbocycles. The van der Waals surface area contributed by atoms with Gasteiger partial charge in [0.05, 0.1) is 13.3 Å². The summed E-state index contributed by atoms with van der Waals surface area (Å²) >= 11 is 4.99. The average molecular weight is 368 g/mol. The molecular formula is C18H16N4O3S. The van der Waals surface area contributed by atoms with Gasteiger partial charge in [0.2, 0.25) is 4.77 Å². The molecule has 0 aliphatic carbocycles. The predicted molar refractivity (Wildman–Crippen MR) is 100 cm³/mol. The number of H-pyrrole nitrogens is 1. The first-order valence-corrected chi connectivity index (χ1v) is 8.14. The number of nitrogens with zero attached hydrogens (tertiary/aromatic N) is 3. The Morgan fingerprint density at radius 2 is 2.04 bits per heavy atom. The van der Waals surface area contributed by atoms with Crippen molar-refractivity contribution in [3.8, 4) is 11.5 Å². The van der Waals surface area contributed by atoms with E-state index in [4.69, 9.17) is 21.7 Å². The molecule has 0 spiro atoms. The Balaban J connectivity index is 1.79. The maximum Gasteiger partial charge on any atom is 0.293 e. The lowest BCUT2D eigenvalue weighted by atomic mass is 10.2. The van der Waals surface area contributed by atoms with Gasteiger partial charge in [-0.15, -0.1) is 0 Å². The number of nitrogens with one attached hydrogen (secondary N) is 1. The van der Waals surface area contributed by atoms with E-state index in [0.29, 0.717) is 18.1 Å². The summed E-state index contributed by atoms with van der Waals surface area (Å²) in [5, 5.41) is 10.2. The molecule has 0 aliphatic rings. The minimum Gasteiger partial charge on any atom is -0.493 e. The monoisotopic (exact) mass is 368 g/mol. The van der Waals surface area contributed by atoms with Crippen molar-refractivity contribution in [3.63, 3.8) is 0 Å². The minimum atomic E-state index is -0.417. The van der Waals surface area contributed by atoms with E-state index in [9.17, 15) is 4.79 Å². The molecule has 132 valence electrons. The van der Waals surface area contributed by atoms with Crippen LogP contribution in [-0.4, -0.2) is 28.2 Å². The number of hydrogen-bond acceptors (Lipinski definition) is 6. The highest BCUT2D eigenvalue weighted by atomic mass is 32.1. The summed E-state index contributed by atoms with van der Waals surface area (Å²) in [4.78, 5) is 11.7. The number of rotatable bonds is 6. The van der Waals surface area contributed by atoms with Crippen molar-refractivity contribution in [2.45, 2.75) is 6.61 Å². The van der Waals surface area contributed by atoms with Crippen LogP contribution in [0.25, 0.3) is 0 Å². The van der Waals surface area contributed by atoms with Gasteiger partial charge in [-0.3, -0.25) is 9.89 Å². The summed E-state index contributed by atoms with van der Waals surface area (Å²) in [6.45, 7) is 0.437. The number of ether oxygens (including phenoxy) is 2. The van der Waals surface area contributed by atoms with Crippen LogP contribution in [0.4, 0.5) is 0 Å². The first-order valence-electron chi connectivity index (χ1n) is 7.73. The van der Waals surface area contributed by atoms with Crippen molar-refractivity contribution in [1.29, 1.82) is 0 Å². The Morgan fingerprint density at radius 1 is 1.23 bits per heavy atom. The highest BCUT2D eigenvalue weighted by molar-refractivity contribution is 7.71. The third kappa shape index (κ3) is 4.22. The van der Waals surface area contributed by atoms with Crippen LogP contribution in [0.1, 0.15) is 11.1 Å². The lowest BCUT2D eigenvalue weighted by molar-refractivity contribution is 0.284. The van der Waals surface area contributed by atoms with Gasteiger partial charge in [-0.2, -0.15) is 14.9 Å². The van der Waals surface area contributed by atoms with Crippen LogP contribution in [0.3, 0.4) is 0 Å². The minimum absolute atomic E-state index is 0.114. The van der Waals surface area contributed by atoms with Crippen LogP contribution in [0, 0.1) is 4.77 Å². The van der Waals surface area contributed by atoms with Crippen molar-refractivity contribution in [1.82, 2.24) is 14.9 Å². The Labute approximate surface area is 154 Å². The summed E-state index contributed by atoms with van der Waals surface area (Å²) in [7, 11) is 1.56. The van der Waals surface area contributed by atoms with E-state index in [1.807, 2.05) is 36.4 Å². The third-order valence-corrected chi connectivity index (χ3v) is 3.75. The summed E-state index contributed by atoms with van der Waals surface area (Å²) in [6.07, 6.45) is 2.61. The summed E-state index contributed by atoms with van der Waals surface area (Å²) in [5.74, 6) is 1.18. The van der Waals surface area contributed by atoms with Gasteiger partial charge in [0.15, 0.2) is 11.5 Å². The van der Waals surface area contributed by atoms with Crippen LogP contribution >= 0.6 is 12.2 Å². The van der Waals surface area contributed by atoms with Gasteiger partial charge in [-0.25, -0.2) is 0 Å². The van der Waals surface area contributed by atoms with Gasteiger partial charge < -0.3 is 9.47 Å². The van der Waals surface area contributed by atoms with Crippen molar-refractivity contribution in [2.75, 3.05) is 7.11 Å². The van der Waals surface area contributed by atoms with Crippen molar-refractivity contribution in [3.05, 3.63) is 81.0 Å². The topological polar surface area (TPSA) is 81.5 Å². The summed E-state index contributed by atoms with van der Waals surface area (Å²) in [5.41, 5.74) is 1.37. The standard InChI is InChI=1S/C18H16N4O3S/c1-24-16-9-14(10-20-22-17(23)11-19-21-18(22)26)7-8-15(16)25-12-13-5-3-2-4-6-13/h2-11H,12H2,1H3,(H,21,26)/b20-10-. The first kappa shape index (κ1) is 17.6. The Morgan fingerprint density at radius 3 is 2.77 bits per heavy atom. The second-order valence-corrected chi connectivity index (χ2v) is 5.64. The van der Waals surface area contributed by atoms with Crippen molar-refractivity contribution < 1.29 is 9.47 Å². The molecule has 0 aliphatic heterocycles. The fourth-order valence-electron chi connectivity index (χ4n) is 2.20. The molecule has 3 rings (SSSR count). The van der Waals surface area contributed by atoms with Crippen LogP contribution in [0.5, 0.6) is 11.5 Å². The van der Waals surface area contributed by atoms with Gasteiger partial charge in [-0.1, -0.05) is 30.3 Å². The zero-order valence-electron chi connectivity index (χ0n) is 14.0. The molecule has 0 atom stereocenters. The molecular weight excluding hydrogens is 352 g/mol. The van der Waals surface area contributed by atoms with E-state index < -0.39 is 5.56 Å². The van der Waals surface area contributed by atoms with E-state index in [2.05, 4.69) is 15.3 Å². The Kier molecular flexibility index (Phi) is 5.55. The van der Waals surface area contributed by atoms with E-state index in [0.717, 1.165) is 22.0 Å². The largest absolute Gasteiger partial charge is 0.493 e.